The molecule has 5 nitrogen and oxygen atoms in total. The first kappa shape index (κ1) is 13.7. The lowest BCUT2D eigenvalue weighted by Gasteiger charge is -2.10. The summed E-state index contributed by atoms with van der Waals surface area (Å²) in [7, 11) is 0. The minimum absolute atomic E-state index is 0.421. The van der Waals surface area contributed by atoms with Gasteiger partial charge >= 0.3 is 6.03 Å². The van der Waals surface area contributed by atoms with E-state index in [9.17, 15) is 4.79 Å². The van der Waals surface area contributed by atoms with Crippen LogP contribution in [0.2, 0.25) is 5.02 Å². The van der Waals surface area contributed by atoms with Crippen molar-refractivity contribution in [2.45, 2.75) is 0 Å². The van der Waals surface area contributed by atoms with Crippen molar-refractivity contribution in [1.82, 2.24) is 0 Å². The minimum atomic E-state index is -0.441. The molecule has 100 valence electrons. The Hall–Kier alpha value is -2.71. The second-order valence-corrected chi connectivity index (χ2v) is 4.44. The van der Waals surface area contributed by atoms with E-state index in [-0.39, 0.29) is 0 Å². The number of anilines is 3. The number of urea groups is 1. The highest BCUT2D eigenvalue weighted by Gasteiger charge is 2.06. The summed E-state index contributed by atoms with van der Waals surface area (Å²) in [5, 5.41) is 14.4. The molecule has 0 spiro atoms. The van der Waals surface area contributed by atoms with Gasteiger partial charge in [0.25, 0.3) is 0 Å². The van der Waals surface area contributed by atoms with E-state index >= 15 is 0 Å². The molecule has 0 atom stereocenters. The molecule has 4 N–H and O–H groups in total. The zero-order valence-electron chi connectivity index (χ0n) is 10.4. The number of nitriles is 1. The number of nitrogen functional groups attached to an aromatic ring is 1. The molecule has 0 aromatic heterocycles. The van der Waals surface area contributed by atoms with Crippen LogP contribution < -0.4 is 16.4 Å². The maximum atomic E-state index is 11.8. The summed E-state index contributed by atoms with van der Waals surface area (Å²) >= 11 is 5.84. The highest BCUT2D eigenvalue weighted by Crippen LogP contribution is 2.23. The molecular formula is C14H11ClN4O. The quantitative estimate of drug-likeness (QED) is 0.739. The largest absolute Gasteiger partial charge is 0.397 e. The van der Waals surface area contributed by atoms with Crippen LogP contribution in [0, 0.1) is 11.3 Å². The van der Waals surface area contributed by atoms with Gasteiger partial charge in [0.05, 0.1) is 23.0 Å². The Bertz CT molecular complexity index is 677. The predicted molar refractivity (Wildman–Crippen MR) is 79.7 cm³/mol. The number of carbonyl (C=O) groups is 1. The molecule has 0 saturated carbocycles. The van der Waals surface area contributed by atoms with Crippen LogP contribution in [-0.2, 0) is 0 Å². The fraction of sp³-hybridized carbons (Fsp3) is 0. The van der Waals surface area contributed by atoms with E-state index in [1.807, 2.05) is 6.07 Å². The van der Waals surface area contributed by atoms with Crippen LogP contribution in [-0.4, -0.2) is 6.03 Å². The van der Waals surface area contributed by atoms with Gasteiger partial charge in [-0.05, 0) is 42.5 Å². The molecule has 0 aliphatic rings. The molecule has 2 aromatic carbocycles. The number of halogens is 1. The van der Waals surface area contributed by atoms with Gasteiger partial charge in [-0.1, -0.05) is 11.6 Å². The summed E-state index contributed by atoms with van der Waals surface area (Å²) in [6.45, 7) is 0. The summed E-state index contributed by atoms with van der Waals surface area (Å²) < 4.78 is 0. The van der Waals surface area contributed by atoms with Gasteiger partial charge in [0.1, 0.15) is 0 Å². The molecule has 0 heterocycles. The van der Waals surface area contributed by atoms with E-state index in [2.05, 4.69) is 10.6 Å². The van der Waals surface area contributed by atoms with Crippen LogP contribution in [0.1, 0.15) is 5.56 Å². The molecule has 0 bridgehead atoms. The van der Waals surface area contributed by atoms with E-state index in [0.29, 0.717) is 27.6 Å². The van der Waals surface area contributed by atoms with E-state index in [4.69, 9.17) is 22.6 Å². The lowest BCUT2D eigenvalue weighted by molar-refractivity contribution is 0.262. The Morgan fingerprint density at radius 1 is 1.15 bits per heavy atom. The number of nitrogens with zero attached hydrogens (tertiary/aromatic N) is 1. The van der Waals surface area contributed by atoms with Crippen LogP contribution in [0.4, 0.5) is 21.9 Å². The summed E-state index contributed by atoms with van der Waals surface area (Å²) in [5.74, 6) is 0. The number of rotatable bonds is 2. The van der Waals surface area contributed by atoms with Crippen LogP contribution in [0.5, 0.6) is 0 Å². The first-order valence-corrected chi connectivity index (χ1v) is 6.09. The lowest BCUT2D eigenvalue weighted by Crippen LogP contribution is -2.20. The minimum Gasteiger partial charge on any atom is -0.397 e. The van der Waals surface area contributed by atoms with Crippen molar-refractivity contribution in [2.24, 2.45) is 0 Å². The number of carbonyl (C=O) groups excluding carboxylic acids is 1. The van der Waals surface area contributed by atoms with E-state index in [0.717, 1.165) is 0 Å². The van der Waals surface area contributed by atoms with Crippen LogP contribution in [0.15, 0.2) is 42.5 Å². The maximum Gasteiger partial charge on any atom is 0.323 e. The van der Waals surface area contributed by atoms with Gasteiger partial charge in [-0.25, -0.2) is 4.79 Å². The highest BCUT2D eigenvalue weighted by atomic mass is 35.5. The van der Waals surface area contributed by atoms with E-state index < -0.39 is 6.03 Å². The second-order valence-electron chi connectivity index (χ2n) is 4.00. The average molecular weight is 287 g/mol. The van der Waals surface area contributed by atoms with Gasteiger partial charge in [0.2, 0.25) is 0 Å². The normalized spacial score (nSPS) is 9.60. The summed E-state index contributed by atoms with van der Waals surface area (Å²) in [4.78, 5) is 11.8. The molecular weight excluding hydrogens is 276 g/mol. The fourth-order valence-corrected chi connectivity index (χ4v) is 1.72. The summed E-state index contributed by atoms with van der Waals surface area (Å²) in [6, 6.07) is 12.9. The van der Waals surface area contributed by atoms with E-state index in [1.54, 1.807) is 42.5 Å². The molecule has 2 amide bonds. The standard InChI is InChI=1S/C14H11ClN4O/c15-10-3-6-12(17)13(7-10)19-14(20)18-11-4-1-9(8-16)2-5-11/h1-7H,17H2,(H2,18,19,20). The highest BCUT2D eigenvalue weighted by molar-refractivity contribution is 6.31. The molecule has 0 radical (unpaired) electrons. The second kappa shape index (κ2) is 5.95. The number of hydrogen-bond donors (Lipinski definition) is 3. The fourth-order valence-electron chi connectivity index (χ4n) is 1.55. The van der Waals surface area contributed by atoms with Gasteiger partial charge < -0.3 is 16.4 Å². The van der Waals surface area contributed by atoms with Crippen molar-refractivity contribution in [3.8, 4) is 6.07 Å². The van der Waals surface area contributed by atoms with Gasteiger partial charge in [-0.2, -0.15) is 5.26 Å². The maximum absolute atomic E-state index is 11.8. The first-order chi connectivity index (χ1) is 9.58. The van der Waals surface area contributed by atoms with Crippen molar-refractivity contribution >= 4 is 34.7 Å². The van der Waals surface area contributed by atoms with Gasteiger partial charge in [-0.15, -0.1) is 0 Å². The Balaban J connectivity index is 2.05. The van der Waals surface area contributed by atoms with Gasteiger partial charge in [-0.3, -0.25) is 0 Å². The topological polar surface area (TPSA) is 90.9 Å². The van der Waals surface area contributed by atoms with Gasteiger partial charge in [0.15, 0.2) is 0 Å². The number of nitrogens with two attached hydrogens (primary N) is 1. The average Bonchev–Trinajstić information content (AvgIpc) is 2.43. The molecule has 0 fully saturated rings. The van der Waals surface area contributed by atoms with Crippen molar-refractivity contribution < 1.29 is 4.79 Å². The molecule has 0 saturated heterocycles. The molecule has 0 aliphatic heterocycles. The molecule has 2 aromatic rings. The smallest absolute Gasteiger partial charge is 0.323 e. The van der Waals surface area contributed by atoms with Gasteiger partial charge in [0, 0.05) is 10.7 Å². The molecule has 20 heavy (non-hydrogen) atoms. The zero-order chi connectivity index (χ0) is 14.5. The monoisotopic (exact) mass is 286 g/mol. The zero-order valence-corrected chi connectivity index (χ0v) is 11.1. The Kier molecular flexibility index (Phi) is 4.08. The third-order valence-corrected chi connectivity index (χ3v) is 2.77. The SMILES string of the molecule is N#Cc1ccc(NC(=O)Nc2cc(Cl)ccc2N)cc1. The number of hydrogen-bond acceptors (Lipinski definition) is 3. The Morgan fingerprint density at radius 3 is 2.50 bits per heavy atom. The number of nitrogens with one attached hydrogen (secondary N) is 2. The lowest BCUT2D eigenvalue weighted by atomic mass is 10.2. The summed E-state index contributed by atoms with van der Waals surface area (Å²) in [6.07, 6.45) is 0. The molecule has 2 rings (SSSR count). The first-order valence-electron chi connectivity index (χ1n) is 5.71. The number of amides is 2. The van der Waals surface area contributed by atoms with Crippen LogP contribution in [0.25, 0.3) is 0 Å². The Morgan fingerprint density at radius 2 is 1.85 bits per heavy atom. The van der Waals surface area contributed by atoms with E-state index in [1.165, 1.54) is 0 Å². The number of benzene rings is 2. The van der Waals surface area contributed by atoms with Crippen molar-refractivity contribution in [3.05, 3.63) is 53.1 Å². The van der Waals surface area contributed by atoms with Crippen molar-refractivity contribution in [1.29, 1.82) is 5.26 Å². The molecule has 0 aliphatic carbocycles. The van der Waals surface area contributed by atoms with Crippen molar-refractivity contribution in [3.63, 3.8) is 0 Å². The predicted octanol–water partition coefficient (Wildman–Crippen LogP) is 3.44. The third-order valence-electron chi connectivity index (χ3n) is 2.54. The third kappa shape index (κ3) is 3.40. The molecule has 0 unspecified atom stereocenters. The Labute approximate surface area is 121 Å². The summed E-state index contributed by atoms with van der Waals surface area (Å²) in [5.41, 5.74) is 7.68. The van der Waals surface area contributed by atoms with Crippen molar-refractivity contribution in [2.75, 3.05) is 16.4 Å². The van der Waals surface area contributed by atoms with Crippen LogP contribution in [0.3, 0.4) is 0 Å². The van der Waals surface area contributed by atoms with Crippen LogP contribution >= 0.6 is 11.6 Å². The molecule has 6 heteroatoms.